The molecule has 0 saturated carbocycles. The fourth-order valence-electron chi connectivity index (χ4n) is 2.20. The van der Waals surface area contributed by atoms with Crippen LogP contribution in [0.15, 0.2) is 30.9 Å². The Hall–Kier alpha value is -1.34. The summed E-state index contributed by atoms with van der Waals surface area (Å²) in [4.78, 5) is 1.90. The lowest BCUT2D eigenvalue weighted by Crippen LogP contribution is -2.36. The summed E-state index contributed by atoms with van der Waals surface area (Å²) < 4.78 is 37.0. The van der Waals surface area contributed by atoms with E-state index in [0.717, 1.165) is 12.5 Å². The van der Waals surface area contributed by atoms with Crippen molar-refractivity contribution in [3.63, 3.8) is 0 Å². The van der Waals surface area contributed by atoms with Crippen LogP contribution in [0.4, 0.5) is 8.78 Å². The summed E-state index contributed by atoms with van der Waals surface area (Å²) in [6, 6.07) is 3.52. The number of ether oxygens (including phenoxy) is 2. The third-order valence-corrected chi connectivity index (χ3v) is 3.25. The van der Waals surface area contributed by atoms with Gasteiger partial charge in [0.1, 0.15) is 11.6 Å². The first-order valence-electron chi connectivity index (χ1n) is 7.58. The van der Waals surface area contributed by atoms with E-state index in [2.05, 4.69) is 6.58 Å². The minimum atomic E-state index is -0.694. The summed E-state index contributed by atoms with van der Waals surface area (Å²) in [5.41, 5.74) is 0.392. The zero-order valence-electron chi connectivity index (χ0n) is 13.5. The fourth-order valence-corrected chi connectivity index (χ4v) is 2.20. The summed E-state index contributed by atoms with van der Waals surface area (Å²) in [5, 5.41) is 10.0. The Morgan fingerprint density at radius 3 is 2.83 bits per heavy atom. The third kappa shape index (κ3) is 8.18. The summed E-state index contributed by atoms with van der Waals surface area (Å²) in [6.45, 7) is 5.91. The van der Waals surface area contributed by atoms with E-state index < -0.39 is 17.7 Å². The molecule has 0 radical (unpaired) electrons. The van der Waals surface area contributed by atoms with E-state index in [9.17, 15) is 13.9 Å². The first kappa shape index (κ1) is 19.7. The average molecular weight is 329 g/mol. The highest BCUT2D eigenvalue weighted by atomic mass is 19.1. The number of aliphatic hydroxyl groups excluding tert-OH is 1. The van der Waals surface area contributed by atoms with E-state index in [0.29, 0.717) is 31.9 Å². The van der Waals surface area contributed by atoms with Gasteiger partial charge in [-0.1, -0.05) is 12.1 Å². The number of hydrogen-bond acceptors (Lipinski definition) is 4. The number of methoxy groups -OCH3 is 1. The molecule has 0 aromatic heterocycles. The van der Waals surface area contributed by atoms with Crippen molar-refractivity contribution in [1.82, 2.24) is 4.90 Å². The van der Waals surface area contributed by atoms with Crippen molar-refractivity contribution in [2.75, 3.05) is 40.0 Å². The van der Waals surface area contributed by atoms with Crippen molar-refractivity contribution in [1.29, 1.82) is 0 Å². The van der Waals surface area contributed by atoms with Crippen LogP contribution < -0.4 is 0 Å². The molecule has 0 saturated heterocycles. The predicted molar refractivity (Wildman–Crippen MR) is 85.2 cm³/mol. The number of aliphatic hydroxyl groups is 1. The summed E-state index contributed by atoms with van der Waals surface area (Å²) in [5.74, 6) is -1.19. The smallest absolute Gasteiger partial charge is 0.130 e. The molecule has 0 aliphatic carbocycles. The molecule has 0 fully saturated rings. The van der Waals surface area contributed by atoms with Gasteiger partial charge in [-0.3, -0.25) is 4.90 Å². The van der Waals surface area contributed by atoms with Gasteiger partial charge < -0.3 is 14.6 Å². The highest BCUT2D eigenvalue weighted by Crippen LogP contribution is 2.13. The molecule has 0 spiro atoms. The maximum atomic E-state index is 13.8. The largest absolute Gasteiger partial charge is 0.389 e. The molecule has 0 amide bonds. The van der Waals surface area contributed by atoms with E-state index in [1.54, 1.807) is 13.2 Å². The van der Waals surface area contributed by atoms with Crippen molar-refractivity contribution in [2.45, 2.75) is 19.1 Å². The van der Waals surface area contributed by atoms with Crippen LogP contribution in [-0.4, -0.2) is 56.1 Å². The van der Waals surface area contributed by atoms with E-state index >= 15 is 0 Å². The Morgan fingerprint density at radius 2 is 2.17 bits per heavy atom. The Morgan fingerprint density at radius 1 is 1.39 bits per heavy atom. The maximum Gasteiger partial charge on any atom is 0.130 e. The molecule has 1 rings (SSSR count). The maximum absolute atomic E-state index is 13.8. The minimum Gasteiger partial charge on any atom is -0.389 e. The molecule has 4 nitrogen and oxygen atoms in total. The van der Waals surface area contributed by atoms with E-state index in [-0.39, 0.29) is 13.2 Å². The van der Waals surface area contributed by atoms with Crippen LogP contribution in [0.1, 0.15) is 12.0 Å². The Balaban J connectivity index is 2.61. The summed E-state index contributed by atoms with van der Waals surface area (Å²) >= 11 is 0. The Bertz CT molecular complexity index is 471. The first-order chi connectivity index (χ1) is 11.1. The average Bonchev–Trinajstić information content (AvgIpc) is 2.50. The molecule has 0 unspecified atom stereocenters. The molecule has 6 heteroatoms. The Labute approximate surface area is 136 Å². The van der Waals surface area contributed by atoms with E-state index in [4.69, 9.17) is 9.47 Å². The SMILES string of the molecule is C=CCOC[C@@H](O)CN(CCCOC)Cc1ccc(F)cc1F. The molecule has 0 aliphatic rings. The van der Waals surface area contributed by atoms with Crippen LogP contribution in [0.2, 0.25) is 0 Å². The van der Waals surface area contributed by atoms with Crippen molar-refractivity contribution in [3.05, 3.63) is 48.1 Å². The number of benzene rings is 1. The monoisotopic (exact) mass is 329 g/mol. The van der Waals surface area contributed by atoms with Crippen molar-refractivity contribution in [3.8, 4) is 0 Å². The lowest BCUT2D eigenvalue weighted by molar-refractivity contribution is 0.0227. The highest BCUT2D eigenvalue weighted by molar-refractivity contribution is 5.18. The lowest BCUT2D eigenvalue weighted by atomic mass is 10.1. The molecule has 0 bridgehead atoms. The fraction of sp³-hybridized carbons (Fsp3) is 0.529. The molecule has 0 heterocycles. The molecular formula is C17H25F2NO3. The van der Waals surface area contributed by atoms with Crippen LogP contribution in [0.5, 0.6) is 0 Å². The molecule has 23 heavy (non-hydrogen) atoms. The van der Waals surface area contributed by atoms with Crippen LogP contribution in [0.3, 0.4) is 0 Å². The Kier molecular flexibility index (Phi) is 9.63. The lowest BCUT2D eigenvalue weighted by Gasteiger charge is -2.25. The van der Waals surface area contributed by atoms with Crippen molar-refractivity contribution < 1.29 is 23.4 Å². The van der Waals surface area contributed by atoms with E-state index in [1.807, 2.05) is 4.90 Å². The molecular weight excluding hydrogens is 304 g/mol. The second kappa shape index (κ2) is 11.2. The predicted octanol–water partition coefficient (Wildman–Crippen LogP) is 2.37. The highest BCUT2D eigenvalue weighted by Gasteiger charge is 2.14. The first-order valence-corrected chi connectivity index (χ1v) is 7.58. The minimum absolute atomic E-state index is 0.179. The molecule has 0 aliphatic heterocycles. The molecule has 1 atom stereocenters. The summed E-state index contributed by atoms with van der Waals surface area (Å²) in [7, 11) is 1.61. The quantitative estimate of drug-likeness (QED) is 0.472. The van der Waals surface area contributed by atoms with Gasteiger partial charge in [-0.05, 0) is 12.5 Å². The van der Waals surface area contributed by atoms with Gasteiger partial charge in [0.25, 0.3) is 0 Å². The molecule has 1 N–H and O–H groups in total. The van der Waals surface area contributed by atoms with Crippen LogP contribution in [0, 0.1) is 11.6 Å². The molecule has 1 aromatic rings. The summed E-state index contributed by atoms with van der Waals surface area (Å²) in [6.07, 6.45) is 1.66. The molecule has 1 aromatic carbocycles. The number of nitrogens with zero attached hydrogens (tertiary/aromatic N) is 1. The van der Waals surface area contributed by atoms with E-state index in [1.165, 1.54) is 12.1 Å². The van der Waals surface area contributed by atoms with Crippen LogP contribution in [0.25, 0.3) is 0 Å². The van der Waals surface area contributed by atoms with Gasteiger partial charge in [0.15, 0.2) is 0 Å². The number of rotatable bonds is 12. The van der Waals surface area contributed by atoms with Gasteiger partial charge in [-0.2, -0.15) is 0 Å². The standard InChI is InChI=1S/C17H25F2NO3/c1-3-8-23-13-16(21)12-20(7-4-9-22-2)11-14-5-6-15(18)10-17(14)19/h3,5-6,10,16,21H,1,4,7-9,11-13H2,2H3/t16-/m0/s1. The van der Waals surface area contributed by atoms with Gasteiger partial charge >= 0.3 is 0 Å². The van der Waals surface area contributed by atoms with Gasteiger partial charge in [0.2, 0.25) is 0 Å². The second-order valence-electron chi connectivity index (χ2n) is 5.30. The number of halogens is 2. The van der Waals surface area contributed by atoms with Gasteiger partial charge in [0.05, 0.1) is 19.3 Å². The topological polar surface area (TPSA) is 41.9 Å². The van der Waals surface area contributed by atoms with Gasteiger partial charge in [-0.15, -0.1) is 6.58 Å². The second-order valence-corrected chi connectivity index (χ2v) is 5.30. The van der Waals surface area contributed by atoms with Gasteiger partial charge in [-0.25, -0.2) is 8.78 Å². The van der Waals surface area contributed by atoms with Crippen LogP contribution in [-0.2, 0) is 16.0 Å². The van der Waals surface area contributed by atoms with Crippen molar-refractivity contribution >= 4 is 0 Å². The number of hydrogen-bond donors (Lipinski definition) is 1. The molecule has 130 valence electrons. The van der Waals surface area contributed by atoms with Crippen molar-refractivity contribution in [2.24, 2.45) is 0 Å². The van der Waals surface area contributed by atoms with Gasteiger partial charge in [0, 0.05) is 45.0 Å². The normalized spacial score (nSPS) is 12.6. The third-order valence-electron chi connectivity index (χ3n) is 3.25. The van der Waals surface area contributed by atoms with Crippen LogP contribution >= 0.6 is 0 Å². The zero-order chi connectivity index (χ0) is 17.1. The zero-order valence-corrected chi connectivity index (χ0v) is 13.5.